The van der Waals surface area contributed by atoms with E-state index in [-0.39, 0.29) is 12.1 Å². The largest absolute Gasteiger partial charge is 0.408 e. The van der Waals surface area contributed by atoms with E-state index in [4.69, 9.17) is 9.05 Å². The Morgan fingerprint density at radius 2 is 2.06 bits per heavy atom. The highest BCUT2D eigenvalue weighted by Crippen LogP contribution is 2.62. The molecule has 1 aromatic rings. The van der Waals surface area contributed by atoms with E-state index < -0.39 is 7.75 Å². The normalized spacial score (nSPS) is 34.1. The minimum atomic E-state index is -3.11. The number of nitrogens with zero attached hydrogens (tertiary/aromatic N) is 1. The van der Waals surface area contributed by atoms with Crippen LogP contribution in [0.25, 0.3) is 0 Å². The average molecular weight is 255 g/mol. The van der Waals surface area contributed by atoms with Crippen LogP contribution < -0.4 is 0 Å². The van der Waals surface area contributed by atoms with Crippen molar-refractivity contribution in [1.82, 2.24) is 4.67 Å². The van der Waals surface area contributed by atoms with E-state index in [1.54, 1.807) is 11.7 Å². The molecule has 3 atom stereocenters. The maximum absolute atomic E-state index is 12.4. The Hall–Kier alpha value is -0.670. The Kier molecular flexibility index (Phi) is 3.69. The van der Waals surface area contributed by atoms with Gasteiger partial charge in [-0.1, -0.05) is 30.3 Å². The molecule has 4 nitrogen and oxygen atoms in total. The van der Waals surface area contributed by atoms with Crippen molar-refractivity contribution in [2.75, 3.05) is 13.7 Å². The van der Waals surface area contributed by atoms with Crippen LogP contribution in [-0.2, 0) is 13.6 Å². The van der Waals surface area contributed by atoms with Crippen molar-refractivity contribution in [3.8, 4) is 0 Å². The zero-order chi connectivity index (χ0) is 12.5. The summed E-state index contributed by atoms with van der Waals surface area (Å²) in [6.45, 7) is 4.20. The Bertz CT molecular complexity index is 423. The van der Waals surface area contributed by atoms with Gasteiger partial charge in [-0.05, 0) is 26.5 Å². The highest BCUT2D eigenvalue weighted by Gasteiger charge is 2.47. The van der Waals surface area contributed by atoms with Gasteiger partial charge in [-0.2, -0.15) is 0 Å². The highest BCUT2D eigenvalue weighted by atomic mass is 31.2. The van der Waals surface area contributed by atoms with Crippen LogP contribution in [0.3, 0.4) is 0 Å². The first-order chi connectivity index (χ1) is 8.08. The van der Waals surface area contributed by atoms with Crippen molar-refractivity contribution >= 4 is 7.75 Å². The minimum absolute atomic E-state index is 0.0368. The molecule has 0 spiro atoms. The molecular weight excluding hydrogens is 237 g/mol. The van der Waals surface area contributed by atoms with Gasteiger partial charge in [0.25, 0.3) is 0 Å². The molecule has 17 heavy (non-hydrogen) atoms. The summed E-state index contributed by atoms with van der Waals surface area (Å²) in [4.78, 5) is 0. The maximum Gasteiger partial charge on any atom is 0.408 e. The summed E-state index contributed by atoms with van der Waals surface area (Å²) in [5.41, 5.74) is 1.03. The molecule has 1 fully saturated rings. The second-order valence-corrected chi connectivity index (χ2v) is 6.17. The summed E-state index contributed by atoms with van der Waals surface area (Å²) in [5, 5.41) is 0. The fourth-order valence-electron chi connectivity index (χ4n) is 1.99. The van der Waals surface area contributed by atoms with Crippen molar-refractivity contribution in [2.24, 2.45) is 0 Å². The lowest BCUT2D eigenvalue weighted by Crippen LogP contribution is -2.23. The first-order valence-electron chi connectivity index (χ1n) is 5.79. The van der Waals surface area contributed by atoms with Crippen molar-refractivity contribution in [1.29, 1.82) is 0 Å². The van der Waals surface area contributed by atoms with Gasteiger partial charge in [0.15, 0.2) is 0 Å². The SMILES string of the molecule is CCO[P@]1(=O)O[C@H](c2ccccc2)[C@@H](C)N1C. The van der Waals surface area contributed by atoms with E-state index >= 15 is 0 Å². The third-order valence-electron chi connectivity index (χ3n) is 3.08. The van der Waals surface area contributed by atoms with Gasteiger partial charge < -0.3 is 0 Å². The fraction of sp³-hybridized carbons (Fsp3) is 0.500. The molecule has 5 heteroatoms. The monoisotopic (exact) mass is 255 g/mol. The summed E-state index contributed by atoms with van der Waals surface area (Å²) < 4.78 is 25.1. The lowest BCUT2D eigenvalue weighted by atomic mass is 10.0. The molecule has 0 aliphatic carbocycles. The zero-order valence-corrected chi connectivity index (χ0v) is 11.3. The molecule has 0 unspecified atom stereocenters. The van der Waals surface area contributed by atoms with Crippen molar-refractivity contribution in [2.45, 2.75) is 26.0 Å². The van der Waals surface area contributed by atoms with Gasteiger partial charge in [0.1, 0.15) is 6.10 Å². The molecule has 2 rings (SSSR count). The molecule has 1 saturated heterocycles. The molecule has 0 aromatic heterocycles. The third kappa shape index (κ3) is 2.31. The Morgan fingerprint density at radius 1 is 1.41 bits per heavy atom. The number of benzene rings is 1. The van der Waals surface area contributed by atoms with Crippen molar-refractivity contribution in [3.05, 3.63) is 35.9 Å². The molecular formula is C12H18NO3P. The van der Waals surface area contributed by atoms with Gasteiger partial charge in [-0.15, -0.1) is 0 Å². The Balaban J connectivity index is 2.26. The number of rotatable bonds is 3. The average Bonchev–Trinajstić information content (AvgIpc) is 2.56. The number of hydrogen-bond donors (Lipinski definition) is 0. The molecule has 1 aliphatic rings. The first-order valence-corrected chi connectivity index (χ1v) is 7.29. The summed E-state index contributed by atoms with van der Waals surface area (Å²) in [7, 11) is -1.32. The Morgan fingerprint density at radius 3 is 2.65 bits per heavy atom. The number of likely N-dealkylation sites (N-methyl/N-ethyl adjacent to an activating group) is 1. The van der Waals surface area contributed by atoms with Crippen LogP contribution in [0, 0.1) is 0 Å². The smallest absolute Gasteiger partial charge is 0.297 e. The van der Waals surface area contributed by atoms with Crippen LogP contribution in [-0.4, -0.2) is 24.4 Å². The molecule has 0 radical (unpaired) electrons. The predicted molar refractivity (Wildman–Crippen MR) is 66.7 cm³/mol. The molecule has 94 valence electrons. The Labute approximate surface area is 102 Å². The van der Waals surface area contributed by atoms with Crippen LogP contribution in [0.5, 0.6) is 0 Å². The molecule has 1 aromatic carbocycles. The van der Waals surface area contributed by atoms with Crippen LogP contribution in [0.2, 0.25) is 0 Å². The van der Waals surface area contributed by atoms with Gasteiger partial charge in [-0.3, -0.25) is 9.05 Å². The summed E-state index contributed by atoms with van der Waals surface area (Å²) in [6, 6.07) is 9.86. The van der Waals surface area contributed by atoms with E-state index in [0.717, 1.165) is 5.56 Å². The molecule has 1 heterocycles. The molecule has 0 saturated carbocycles. The van der Waals surface area contributed by atoms with Crippen LogP contribution in [0.15, 0.2) is 30.3 Å². The van der Waals surface area contributed by atoms with Crippen LogP contribution in [0.4, 0.5) is 0 Å². The summed E-state index contributed by atoms with van der Waals surface area (Å²) in [6.07, 6.45) is -0.196. The van der Waals surface area contributed by atoms with E-state index in [0.29, 0.717) is 6.61 Å². The molecule has 0 N–H and O–H groups in total. The minimum Gasteiger partial charge on any atom is -0.297 e. The maximum atomic E-state index is 12.4. The fourth-order valence-corrected chi connectivity index (χ4v) is 3.86. The molecule has 0 bridgehead atoms. The van der Waals surface area contributed by atoms with Crippen molar-refractivity contribution in [3.63, 3.8) is 0 Å². The zero-order valence-electron chi connectivity index (χ0n) is 10.4. The topological polar surface area (TPSA) is 38.8 Å². The lowest BCUT2D eigenvalue weighted by molar-refractivity contribution is 0.175. The van der Waals surface area contributed by atoms with E-state index in [9.17, 15) is 4.57 Å². The number of hydrogen-bond acceptors (Lipinski definition) is 3. The quantitative estimate of drug-likeness (QED) is 0.777. The molecule has 1 aliphatic heterocycles. The summed E-state index contributed by atoms with van der Waals surface area (Å²) >= 11 is 0. The van der Waals surface area contributed by atoms with Crippen LogP contribution >= 0.6 is 7.75 Å². The lowest BCUT2D eigenvalue weighted by Gasteiger charge is -2.19. The van der Waals surface area contributed by atoms with Gasteiger partial charge >= 0.3 is 7.75 Å². The predicted octanol–water partition coefficient (Wildman–Crippen LogP) is 3.22. The van der Waals surface area contributed by atoms with E-state index in [1.165, 1.54) is 0 Å². The van der Waals surface area contributed by atoms with E-state index in [2.05, 4.69) is 0 Å². The second-order valence-electron chi connectivity index (χ2n) is 4.14. The first kappa shape index (κ1) is 12.8. The highest BCUT2D eigenvalue weighted by molar-refractivity contribution is 7.51. The van der Waals surface area contributed by atoms with Gasteiger partial charge in [0.05, 0.1) is 6.61 Å². The van der Waals surface area contributed by atoms with E-state index in [1.807, 2.05) is 44.2 Å². The van der Waals surface area contributed by atoms with Crippen LogP contribution in [0.1, 0.15) is 25.5 Å². The second kappa shape index (κ2) is 4.91. The summed E-state index contributed by atoms with van der Waals surface area (Å²) in [5.74, 6) is 0. The van der Waals surface area contributed by atoms with Crippen molar-refractivity contribution < 1.29 is 13.6 Å². The standard InChI is InChI=1S/C12H18NO3P/c1-4-15-17(14)13(3)10(2)12(16-17)11-8-6-5-7-9-11/h5-10,12H,4H2,1-3H3/t10-,12+,17+/m1/s1. The molecule has 0 amide bonds. The third-order valence-corrected chi connectivity index (χ3v) is 5.30. The van der Waals surface area contributed by atoms with Gasteiger partial charge in [0.2, 0.25) is 0 Å². The van der Waals surface area contributed by atoms with Gasteiger partial charge in [0, 0.05) is 6.04 Å². The van der Waals surface area contributed by atoms with Gasteiger partial charge in [-0.25, -0.2) is 9.24 Å².